The Morgan fingerprint density at radius 2 is 0.915 bits per heavy atom. The van der Waals surface area contributed by atoms with Gasteiger partial charge in [-0.2, -0.15) is 0 Å². The number of hydroxylamine groups is 1. The van der Waals surface area contributed by atoms with Gasteiger partial charge in [-0.15, -0.1) is 0 Å². The molecule has 0 aliphatic carbocycles. The molecule has 0 fully saturated rings. The van der Waals surface area contributed by atoms with Crippen LogP contribution < -0.4 is 22.3 Å². The van der Waals surface area contributed by atoms with Crippen molar-refractivity contribution in [3.05, 3.63) is 268 Å². The summed E-state index contributed by atoms with van der Waals surface area (Å²) in [4.78, 5) is 66.3. The number of nitrogens with two attached hydrogens (primary N) is 2. The number of rotatable bonds is 22. The van der Waals surface area contributed by atoms with Gasteiger partial charge in [-0.05, 0) is 205 Å². The minimum atomic E-state index is -0.947. The third kappa shape index (κ3) is 21.2. The molecule has 0 unspecified atom stereocenters. The summed E-state index contributed by atoms with van der Waals surface area (Å²) in [7, 11) is 7.96. The lowest BCUT2D eigenvalue weighted by Crippen LogP contribution is -2.18. The van der Waals surface area contributed by atoms with Crippen molar-refractivity contribution < 1.29 is 48.4 Å². The van der Waals surface area contributed by atoms with Crippen LogP contribution in [0.3, 0.4) is 0 Å². The predicted octanol–water partition coefficient (Wildman–Crippen LogP) is 16.8. The van der Waals surface area contributed by atoms with Gasteiger partial charge >= 0.3 is 11.9 Å². The van der Waals surface area contributed by atoms with Gasteiger partial charge in [-0.3, -0.25) is 10.0 Å². The summed E-state index contributed by atoms with van der Waals surface area (Å²) in [5.41, 5.74) is 32.0. The number of aryl methyl sites for hydroxylation is 6. The van der Waals surface area contributed by atoms with Crippen LogP contribution in [0.15, 0.2) is 138 Å². The number of carbonyl (C=O) groups excluding carboxylic acids is 2. The van der Waals surface area contributed by atoms with Gasteiger partial charge in [0.2, 0.25) is 5.95 Å². The number of halogens is 1. The van der Waals surface area contributed by atoms with Gasteiger partial charge in [-0.1, -0.05) is 36.4 Å². The number of hydrogen-bond acceptors (Lipinski definition) is 15. The zero-order valence-electron chi connectivity index (χ0n) is 60.6. The number of carbonyl (C=O) groups is 3. The molecule has 544 valence electrons. The molecule has 0 radical (unpaired) electrons. The molecule has 8 N–H and O–H groups in total. The number of aromatic nitrogens is 6. The van der Waals surface area contributed by atoms with Crippen molar-refractivity contribution in [3.63, 3.8) is 0 Å². The summed E-state index contributed by atoms with van der Waals surface area (Å²) < 4.78 is 32.3. The predicted molar refractivity (Wildman–Crippen MR) is 415 cm³/mol. The third-order valence-corrected chi connectivity index (χ3v) is 17.5. The van der Waals surface area contributed by atoms with Gasteiger partial charge < -0.3 is 59.3 Å². The molecule has 106 heavy (non-hydrogen) atoms. The molecule has 26 heteroatoms. The van der Waals surface area contributed by atoms with Gasteiger partial charge in [0.25, 0.3) is 5.91 Å². The monoisotopic (exact) mass is 1490 g/mol. The van der Waals surface area contributed by atoms with Crippen LogP contribution in [-0.4, -0.2) is 119 Å². The van der Waals surface area contributed by atoms with Crippen LogP contribution in [0.25, 0.3) is 57.3 Å². The first-order chi connectivity index (χ1) is 51.0. The van der Waals surface area contributed by atoms with Gasteiger partial charge in [0.1, 0.15) is 11.6 Å². The molecule has 1 amide bonds. The minimum absolute atomic E-state index is 0.258. The molecule has 3 aromatic heterocycles. The number of nitrogens with zero attached hydrogens (tertiary/aromatic N) is 11. The molecule has 11 aromatic rings. The first kappa shape index (κ1) is 81.0. The van der Waals surface area contributed by atoms with E-state index in [4.69, 9.17) is 83.2 Å². The normalized spacial score (nSPS) is 10.4. The van der Waals surface area contributed by atoms with Gasteiger partial charge in [0.05, 0.1) is 104 Å². The standard InChI is InChI=1S/2C20H20N4O3.C20H19N3O3.C12H16N2O.C8H7BrN2/c1-13-10-17-18(12-16(13)21-2)24(8-9-26-3)20(23-17)22-15-7-5-6-14(11-15)19(25)27-4;1-13-9-17-18(12-16(13)21-2)24(7-8-27-3)19(22-17)11-14-5-4-6-15(10-14)20(25)23-26;1-13-9-17-18(12-16(13)21-2)23(7-8-26-3)19(22-17)11-14-5-4-6-15(10-14)20(24)25;1-9-7-11(13)10(5-4-6-15-3)8-12(9)14-2;1-5-3-7(10)6(9)4-8(5)11-2/h5-7,10-12H,8-9H2,1,3-4H3,(H,22,23);4-6,9-10,12,26H,7-8,11H2,1,3H3,(H,23,25);4-6,9-10,12H,7-8,11H2,1,3H3,(H,24,25);7-8H,4-6,13H2,1,3H3;3-4H,10H2,1H3. The van der Waals surface area contributed by atoms with E-state index in [1.165, 1.54) is 7.11 Å². The van der Waals surface area contributed by atoms with Gasteiger partial charge in [0.15, 0.2) is 28.4 Å². The fourth-order valence-electron chi connectivity index (χ4n) is 11.3. The highest BCUT2D eigenvalue weighted by molar-refractivity contribution is 9.10. The molecule has 8 aromatic carbocycles. The molecule has 0 aliphatic rings. The summed E-state index contributed by atoms with van der Waals surface area (Å²) in [5, 5.41) is 21.3. The van der Waals surface area contributed by atoms with Crippen molar-refractivity contribution in [1.82, 2.24) is 34.1 Å². The maximum absolute atomic E-state index is 11.8. The van der Waals surface area contributed by atoms with Crippen molar-refractivity contribution in [2.75, 3.05) is 78.8 Å². The number of ether oxygens (including phenoxy) is 5. The molecule has 0 bridgehead atoms. The zero-order chi connectivity index (χ0) is 77.1. The average molecular weight is 1490 g/mol. The number of aromatic carboxylic acids is 1. The van der Waals surface area contributed by atoms with Crippen LogP contribution in [-0.2, 0) is 62.6 Å². The number of anilines is 4. The maximum atomic E-state index is 11.8. The van der Waals surface area contributed by atoms with Crippen molar-refractivity contribution >= 4 is 118 Å². The third-order valence-electron chi connectivity index (χ3n) is 16.8. The van der Waals surface area contributed by atoms with E-state index in [1.54, 1.807) is 101 Å². The summed E-state index contributed by atoms with van der Waals surface area (Å²) in [6, 6.07) is 39.5. The lowest BCUT2D eigenvalue weighted by Gasteiger charge is -2.11. The van der Waals surface area contributed by atoms with E-state index < -0.39 is 17.8 Å². The average Bonchev–Trinajstić information content (AvgIpc) is 1.65. The highest BCUT2D eigenvalue weighted by atomic mass is 79.9. The summed E-state index contributed by atoms with van der Waals surface area (Å²) in [5.74, 6) is 0.361. The summed E-state index contributed by atoms with van der Waals surface area (Å²) >= 11 is 3.25. The van der Waals surface area contributed by atoms with E-state index in [0.29, 0.717) is 109 Å². The number of carboxylic acids is 1. The Morgan fingerprint density at radius 1 is 0.500 bits per heavy atom. The van der Waals surface area contributed by atoms with Gasteiger partial charge in [-0.25, -0.2) is 54.2 Å². The number of carboxylic acid groups (broad SMARTS) is 1. The fraction of sp³-hybridized carbons (Fsp3) is 0.263. The largest absolute Gasteiger partial charge is 0.478 e. The second-order valence-corrected chi connectivity index (χ2v) is 25.0. The SMILES string of the molecule is [C-]#[N+]c1cc(Br)c(N)cc1C.[C-]#[N+]c1cc(CCCOC)c(N)cc1C.[C-]#[N+]c1cc2c(cc1C)nc(Cc1cccc(C(=O)NO)c1)n2CCOC.[C-]#[N+]c1cc2c(cc1C)nc(Cc1cccc(C(=O)O)c1)n2CCOC.[C-]#[N+]c1cc2c(cc1C)nc(Nc1cccc(C(=O)OC)c1)n2CCOC. The van der Waals surface area contributed by atoms with Crippen LogP contribution in [0.4, 0.5) is 51.4 Å². The Balaban J connectivity index is 0.000000191. The molecule has 0 saturated heterocycles. The van der Waals surface area contributed by atoms with Crippen LogP contribution in [0.1, 0.15) is 93.7 Å². The quantitative estimate of drug-likeness (QED) is 0.00918. The topological polar surface area (TPSA) is 289 Å². The summed E-state index contributed by atoms with van der Waals surface area (Å²) in [6.07, 6.45) is 2.81. The molecule has 25 nitrogen and oxygen atoms in total. The van der Waals surface area contributed by atoms with E-state index in [0.717, 1.165) is 119 Å². The highest BCUT2D eigenvalue weighted by Gasteiger charge is 2.19. The van der Waals surface area contributed by atoms with E-state index in [1.807, 2.05) is 115 Å². The lowest BCUT2D eigenvalue weighted by atomic mass is 10.0. The Hall–Kier alpha value is -12.3. The lowest BCUT2D eigenvalue weighted by molar-refractivity contribution is 0.0599. The maximum Gasteiger partial charge on any atom is 0.337 e. The number of nitrogens with one attached hydrogen (secondary N) is 2. The first-order valence-electron chi connectivity index (χ1n) is 33.1. The Morgan fingerprint density at radius 3 is 1.39 bits per heavy atom. The number of imidazole rings is 3. The number of amides is 1. The number of nitrogen functional groups attached to an aromatic ring is 2. The number of esters is 1. The Labute approximate surface area is 624 Å². The van der Waals surface area contributed by atoms with Crippen LogP contribution in [0, 0.1) is 67.5 Å². The van der Waals surface area contributed by atoms with E-state index in [9.17, 15) is 19.5 Å². The van der Waals surface area contributed by atoms with Crippen LogP contribution in [0.5, 0.6) is 0 Å². The van der Waals surface area contributed by atoms with E-state index in [2.05, 4.69) is 50.5 Å². The van der Waals surface area contributed by atoms with Crippen LogP contribution >= 0.6 is 15.9 Å². The molecule has 11 rings (SSSR count). The second-order valence-electron chi connectivity index (χ2n) is 24.2. The Kier molecular flexibility index (Phi) is 30.1. The zero-order valence-corrected chi connectivity index (χ0v) is 62.2. The first-order valence-corrected chi connectivity index (χ1v) is 33.9. The van der Waals surface area contributed by atoms with E-state index >= 15 is 0 Å². The van der Waals surface area contributed by atoms with Crippen LogP contribution in [0.2, 0.25) is 0 Å². The second kappa shape index (κ2) is 39.4. The fourth-order valence-corrected chi connectivity index (χ4v) is 11.6. The molecule has 3 heterocycles. The molecule has 0 saturated carbocycles. The highest BCUT2D eigenvalue weighted by Crippen LogP contribution is 2.34. The molecule has 0 spiro atoms. The number of hydrogen-bond donors (Lipinski definition) is 6. The molecule has 0 atom stereocenters. The molecular weight excluding hydrogens is 1410 g/mol. The number of benzene rings is 8. The van der Waals surface area contributed by atoms with Crippen molar-refractivity contribution in [2.45, 2.75) is 79.9 Å². The Bertz CT molecular complexity index is 5050. The van der Waals surface area contributed by atoms with Crippen molar-refractivity contribution in [1.29, 1.82) is 0 Å². The number of fused-ring (bicyclic) bond motifs is 3. The summed E-state index contributed by atoms with van der Waals surface area (Å²) in [6.45, 7) is 49.4. The van der Waals surface area contributed by atoms with Crippen molar-refractivity contribution in [2.24, 2.45) is 0 Å². The van der Waals surface area contributed by atoms with Gasteiger partial charge in [0, 0.05) is 94.6 Å². The van der Waals surface area contributed by atoms with E-state index in [-0.39, 0.29) is 5.56 Å². The molecular formula is C80H82BrN15O10. The molecule has 0 aliphatic heterocycles. The van der Waals surface area contributed by atoms with Crippen molar-refractivity contribution in [3.8, 4) is 0 Å². The minimum Gasteiger partial charge on any atom is -0.478 e. The smallest absolute Gasteiger partial charge is 0.337 e. The number of methoxy groups -OCH3 is 5.